The van der Waals surface area contributed by atoms with Gasteiger partial charge >= 0.3 is 0 Å². The predicted molar refractivity (Wildman–Crippen MR) is 106 cm³/mol. The number of nitrogens with zero attached hydrogens (tertiary/aromatic N) is 3. The van der Waals surface area contributed by atoms with Crippen molar-refractivity contribution in [2.45, 2.75) is 51.9 Å². The first kappa shape index (κ1) is 17.0. The predicted octanol–water partition coefficient (Wildman–Crippen LogP) is 3.79. The molecule has 2 aromatic heterocycles. The van der Waals surface area contributed by atoms with Crippen LogP contribution in [0.5, 0.6) is 0 Å². The number of para-hydroxylation sites is 1. The number of benzene rings is 1. The van der Waals surface area contributed by atoms with E-state index in [1.54, 1.807) is 0 Å². The fourth-order valence-corrected chi connectivity index (χ4v) is 4.86. The lowest BCUT2D eigenvalue weighted by Crippen LogP contribution is -2.36. The average Bonchev–Trinajstić information content (AvgIpc) is 3.05. The number of hydrogen-bond donors (Lipinski definition) is 1. The van der Waals surface area contributed by atoms with Crippen LogP contribution in [0.4, 0.5) is 0 Å². The van der Waals surface area contributed by atoms with Crippen LogP contribution in [0.15, 0.2) is 47.1 Å². The van der Waals surface area contributed by atoms with Gasteiger partial charge in [-0.3, -0.25) is 4.90 Å². The molecule has 1 aromatic carbocycles. The SMILES string of the molecule is CCn1ccnc1CN(Cc1cc2ccccc2o1)[C@H]1CC12CCNCC2. The molecule has 5 heteroatoms. The Labute approximate surface area is 160 Å². The third-order valence-electron chi connectivity index (χ3n) is 6.51. The molecule has 1 atom stereocenters. The van der Waals surface area contributed by atoms with E-state index in [4.69, 9.17) is 4.42 Å². The molecule has 0 amide bonds. The second-order valence-electron chi connectivity index (χ2n) is 8.12. The number of aromatic nitrogens is 2. The minimum absolute atomic E-state index is 0.501. The molecule has 3 aromatic rings. The number of piperidine rings is 1. The number of nitrogens with one attached hydrogen (secondary N) is 1. The number of furan rings is 1. The molecule has 2 fully saturated rings. The Morgan fingerprint density at radius 3 is 2.93 bits per heavy atom. The van der Waals surface area contributed by atoms with Crippen molar-refractivity contribution in [3.05, 3.63) is 54.3 Å². The molecule has 5 nitrogen and oxygen atoms in total. The van der Waals surface area contributed by atoms with Crippen molar-refractivity contribution in [2.24, 2.45) is 5.41 Å². The molecule has 2 aliphatic rings. The third-order valence-corrected chi connectivity index (χ3v) is 6.51. The quantitative estimate of drug-likeness (QED) is 0.723. The number of fused-ring (bicyclic) bond motifs is 1. The number of rotatable bonds is 6. The summed E-state index contributed by atoms with van der Waals surface area (Å²) in [4.78, 5) is 7.24. The van der Waals surface area contributed by atoms with E-state index in [1.807, 2.05) is 12.3 Å². The zero-order chi connectivity index (χ0) is 18.3. The van der Waals surface area contributed by atoms with Gasteiger partial charge in [0.2, 0.25) is 0 Å². The van der Waals surface area contributed by atoms with Crippen molar-refractivity contribution in [3.8, 4) is 0 Å². The van der Waals surface area contributed by atoms with Gasteiger partial charge in [-0.05, 0) is 56.8 Å². The fraction of sp³-hybridized carbons (Fsp3) is 0.500. The highest BCUT2D eigenvalue weighted by Gasteiger charge is 2.56. The van der Waals surface area contributed by atoms with E-state index in [9.17, 15) is 0 Å². The Morgan fingerprint density at radius 1 is 1.26 bits per heavy atom. The molecule has 3 heterocycles. The zero-order valence-corrected chi connectivity index (χ0v) is 16.0. The second kappa shape index (κ2) is 6.80. The van der Waals surface area contributed by atoms with Gasteiger partial charge in [-0.25, -0.2) is 4.98 Å². The Kier molecular flexibility index (Phi) is 4.29. The fourth-order valence-electron chi connectivity index (χ4n) is 4.86. The highest BCUT2D eigenvalue weighted by Crippen LogP contribution is 2.56. The van der Waals surface area contributed by atoms with Crippen LogP contribution < -0.4 is 5.32 Å². The van der Waals surface area contributed by atoms with Crippen LogP contribution >= 0.6 is 0 Å². The van der Waals surface area contributed by atoms with Crippen LogP contribution in [0.1, 0.15) is 37.8 Å². The van der Waals surface area contributed by atoms with Crippen LogP contribution in [0, 0.1) is 5.41 Å². The first-order valence-corrected chi connectivity index (χ1v) is 10.2. The molecule has 1 N–H and O–H groups in total. The summed E-state index contributed by atoms with van der Waals surface area (Å²) in [5.41, 5.74) is 1.48. The van der Waals surface area contributed by atoms with Gasteiger partial charge in [0.05, 0.1) is 13.1 Å². The molecule has 5 rings (SSSR count). The zero-order valence-electron chi connectivity index (χ0n) is 16.0. The minimum atomic E-state index is 0.501. The molecule has 1 aliphatic heterocycles. The van der Waals surface area contributed by atoms with Gasteiger partial charge < -0.3 is 14.3 Å². The Balaban J connectivity index is 1.41. The molecule has 0 unspecified atom stereocenters. The molecule has 0 radical (unpaired) electrons. The highest BCUT2D eigenvalue weighted by molar-refractivity contribution is 5.77. The minimum Gasteiger partial charge on any atom is -0.460 e. The van der Waals surface area contributed by atoms with Gasteiger partial charge in [-0.1, -0.05) is 18.2 Å². The van der Waals surface area contributed by atoms with Gasteiger partial charge in [-0.15, -0.1) is 0 Å². The maximum absolute atomic E-state index is 6.15. The van der Waals surface area contributed by atoms with Gasteiger partial charge in [0.1, 0.15) is 17.2 Å². The Bertz CT molecular complexity index is 888. The van der Waals surface area contributed by atoms with Crippen LogP contribution in [0.2, 0.25) is 0 Å². The van der Waals surface area contributed by atoms with Crippen molar-refractivity contribution >= 4 is 11.0 Å². The van der Waals surface area contributed by atoms with Crippen molar-refractivity contribution in [1.82, 2.24) is 19.8 Å². The van der Waals surface area contributed by atoms with Gasteiger partial charge in [0.25, 0.3) is 0 Å². The van der Waals surface area contributed by atoms with E-state index in [2.05, 4.69) is 57.2 Å². The van der Waals surface area contributed by atoms with E-state index >= 15 is 0 Å². The summed E-state index contributed by atoms with van der Waals surface area (Å²) in [5.74, 6) is 2.21. The van der Waals surface area contributed by atoms with E-state index < -0.39 is 0 Å². The van der Waals surface area contributed by atoms with E-state index in [0.717, 1.165) is 49.9 Å². The molecular formula is C22H28N4O. The van der Waals surface area contributed by atoms with E-state index in [1.165, 1.54) is 24.6 Å². The molecular weight excluding hydrogens is 336 g/mol. The lowest BCUT2D eigenvalue weighted by Gasteiger charge is -2.29. The normalized spacial score (nSPS) is 21.3. The Morgan fingerprint density at radius 2 is 2.11 bits per heavy atom. The largest absolute Gasteiger partial charge is 0.460 e. The molecule has 0 bridgehead atoms. The van der Waals surface area contributed by atoms with Crippen LogP contribution in [0.25, 0.3) is 11.0 Å². The van der Waals surface area contributed by atoms with Gasteiger partial charge in [0.15, 0.2) is 0 Å². The van der Waals surface area contributed by atoms with Gasteiger partial charge in [-0.2, -0.15) is 0 Å². The monoisotopic (exact) mass is 364 g/mol. The van der Waals surface area contributed by atoms with E-state index in [0.29, 0.717) is 11.5 Å². The summed E-state index contributed by atoms with van der Waals surface area (Å²) in [6, 6.07) is 11.1. The maximum Gasteiger partial charge on any atom is 0.134 e. The number of imidazole rings is 1. The molecule has 1 saturated carbocycles. The summed E-state index contributed by atoms with van der Waals surface area (Å²) in [6.07, 6.45) is 7.89. The number of hydrogen-bond acceptors (Lipinski definition) is 4. The second-order valence-corrected chi connectivity index (χ2v) is 8.12. The van der Waals surface area contributed by atoms with Crippen molar-refractivity contribution in [1.29, 1.82) is 0 Å². The first-order valence-electron chi connectivity index (χ1n) is 10.2. The van der Waals surface area contributed by atoms with Crippen molar-refractivity contribution in [3.63, 3.8) is 0 Å². The van der Waals surface area contributed by atoms with Crippen LogP contribution in [0.3, 0.4) is 0 Å². The van der Waals surface area contributed by atoms with Crippen molar-refractivity contribution in [2.75, 3.05) is 13.1 Å². The topological polar surface area (TPSA) is 46.2 Å². The van der Waals surface area contributed by atoms with Crippen molar-refractivity contribution < 1.29 is 4.42 Å². The maximum atomic E-state index is 6.15. The summed E-state index contributed by atoms with van der Waals surface area (Å²) >= 11 is 0. The molecule has 27 heavy (non-hydrogen) atoms. The lowest BCUT2D eigenvalue weighted by atomic mass is 9.93. The molecule has 1 saturated heterocycles. The first-order chi connectivity index (χ1) is 13.3. The van der Waals surface area contributed by atoms with Crippen LogP contribution in [-0.2, 0) is 19.6 Å². The third kappa shape index (κ3) is 3.19. The smallest absolute Gasteiger partial charge is 0.134 e. The van der Waals surface area contributed by atoms with Gasteiger partial charge in [0, 0.05) is 30.4 Å². The standard InChI is InChI=1S/C22H28N4O/c1-2-25-12-11-24-21(25)16-26(20-14-22(20)7-9-23-10-8-22)15-18-13-17-5-3-4-6-19(17)27-18/h3-6,11-13,20,23H,2,7-10,14-16H2,1H3/t20-/m0/s1. The van der Waals surface area contributed by atoms with Crippen LogP contribution in [-0.4, -0.2) is 33.6 Å². The summed E-state index contributed by atoms with van der Waals surface area (Å²) in [6.45, 7) is 7.19. The highest BCUT2D eigenvalue weighted by atomic mass is 16.3. The number of aryl methyl sites for hydroxylation is 1. The summed E-state index contributed by atoms with van der Waals surface area (Å²) in [5, 5.41) is 4.71. The molecule has 1 aliphatic carbocycles. The summed E-state index contributed by atoms with van der Waals surface area (Å²) < 4.78 is 8.40. The van der Waals surface area contributed by atoms with E-state index in [-0.39, 0.29) is 0 Å². The average molecular weight is 364 g/mol. The molecule has 1 spiro atoms. The lowest BCUT2D eigenvalue weighted by molar-refractivity contribution is 0.172. The summed E-state index contributed by atoms with van der Waals surface area (Å²) in [7, 11) is 0. The molecule has 142 valence electrons. The Hall–Kier alpha value is -2.11.